The molecule has 0 radical (unpaired) electrons. The van der Waals surface area contributed by atoms with Crippen LogP contribution in [0.1, 0.15) is 141 Å². The molecular weight excluding hydrogens is 1680 g/mol. The Morgan fingerprint density at radius 2 is 0.427 bits per heavy atom. The van der Waals surface area contributed by atoms with Crippen LogP contribution in [0.15, 0.2) is 194 Å². The normalized spacial score (nSPS) is 11.8. The lowest BCUT2D eigenvalue weighted by molar-refractivity contribution is -0.152. The molecule has 0 aliphatic heterocycles. The van der Waals surface area contributed by atoms with Crippen LogP contribution in [0.5, 0.6) is 46.0 Å². The number of likely N-dealkylation sites (N-methyl/N-ethyl adjacent to an activating group) is 4. The van der Waals surface area contributed by atoms with Gasteiger partial charge in [0.25, 0.3) is 0 Å². The monoisotopic (exact) mass is 1810 g/mol. The molecule has 714 valence electrons. The zero-order chi connectivity index (χ0) is 95.5. The van der Waals surface area contributed by atoms with Crippen LogP contribution in [0.4, 0.5) is 0 Å². The minimum absolute atomic E-state index is 0.0501. The summed E-state index contributed by atoms with van der Waals surface area (Å²) in [5.41, 5.74) is 9.22. The zero-order valence-electron chi connectivity index (χ0n) is 78.4. The number of aliphatic carboxylic acids is 4. The second-order valence-corrected chi connectivity index (χ2v) is 32.6. The Balaban J connectivity index is 0.000000309. The van der Waals surface area contributed by atoms with E-state index in [2.05, 4.69) is 48.5 Å². The number of hydrogen-bond acceptors (Lipinski definition) is 24. The molecule has 28 nitrogen and oxygen atoms in total. The Bertz CT molecular complexity index is 4260. The minimum Gasteiger partial charge on any atom is -0.497 e. The highest BCUT2D eigenvalue weighted by Crippen LogP contribution is 2.28. The van der Waals surface area contributed by atoms with Gasteiger partial charge in [-0.15, -0.1) is 0 Å². The van der Waals surface area contributed by atoms with Gasteiger partial charge in [-0.1, -0.05) is 121 Å². The summed E-state index contributed by atoms with van der Waals surface area (Å²) in [7, 11) is 21.9. The van der Waals surface area contributed by atoms with Crippen LogP contribution >= 0.6 is 0 Å². The molecule has 0 aliphatic rings. The van der Waals surface area contributed by atoms with Crippen molar-refractivity contribution in [1.29, 1.82) is 0 Å². The first-order valence-electron chi connectivity index (χ1n) is 44.6. The number of aryl methyl sites for hydroxylation is 8. The fraction of sp³-hybridized carbons (Fsp3) is 0.456. The van der Waals surface area contributed by atoms with Gasteiger partial charge < -0.3 is 96.9 Å². The minimum atomic E-state index is -0.919. The van der Waals surface area contributed by atoms with Gasteiger partial charge in [-0.25, -0.2) is 0 Å². The maximum Gasteiger partial charge on any atom is 0.306 e. The van der Waals surface area contributed by atoms with Crippen molar-refractivity contribution in [3.05, 3.63) is 239 Å². The Morgan fingerprint density at radius 3 is 0.618 bits per heavy atom. The van der Waals surface area contributed by atoms with E-state index in [0.29, 0.717) is 64.7 Å². The molecule has 0 saturated carbocycles. The molecule has 0 aromatic heterocycles. The molecule has 0 fully saturated rings. The number of nitrogens with zero attached hydrogens (tertiary/aromatic N) is 4. The van der Waals surface area contributed by atoms with Gasteiger partial charge in [-0.2, -0.15) is 0 Å². The molecule has 0 saturated heterocycles. The first kappa shape index (κ1) is 109. The summed E-state index contributed by atoms with van der Waals surface area (Å²) in [6.07, 6.45) is 9.02. The smallest absolute Gasteiger partial charge is 0.306 e. The summed E-state index contributed by atoms with van der Waals surface area (Å²) < 4.78 is 67.5. The number of unbranched alkanes of at least 4 members (excludes halogenated alkanes) is 3. The van der Waals surface area contributed by atoms with Crippen molar-refractivity contribution in [2.75, 3.05) is 137 Å². The summed E-state index contributed by atoms with van der Waals surface area (Å²) >= 11 is 0. The average Bonchev–Trinajstić information content (AvgIpc) is 0.877. The Morgan fingerprint density at radius 1 is 0.244 bits per heavy atom. The van der Waals surface area contributed by atoms with Crippen LogP contribution in [0.25, 0.3) is 0 Å². The Kier molecular flexibility index (Phi) is 53.1. The maximum absolute atomic E-state index is 12.2. The lowest BCUT2D eigenvalue weighted by Crippen LogP contribution is -2.35. The number of para-hydroxylation sites is 4. The topological polar surface area (TPSA) is 341 Å². The number of methoxy groups -OCH3 is 4. The van der Waals surface area contributed by atoms with E-state index < -0.39 is 54.3 Å². The van der Waals surface area contributed by atoms with Crippen LogP contribution in [0.2, 0.25) is 0 Å². The van der Waals surface area contributed by atoms with Crippen molar-refractivity contribution in [3.8, 4) is 46.0 Å². The van der Waals surface area contributed by atoms with E-state index in [0.717, 1.165) is 120 Å². The van der Waals surface area contributed by atoms with Gasteiger partial charge in [0.05, 0.1) is 28.4 Å². The van der Waals surface area contributed by atoms with Crippen molar-refractivity contribution in [3.63, 3.8) is 0 Å². The highest BCUT2D eigenvalue weighted by molar-refractivity contribution is 5.73. The van der Waals surface area contributed by atoms with Crippen LogP contribution in [-0.4, -0.2) is 250 Å². The Hall–Kier alpha value is -12.2. The molecule has 0 heterocycles. The number of carboxylic acid groups (broad SMARTS) is 4. The molecule has 0 amide bonds. The molecular formula is C103H138N4O24. The molecule has 131 heavy (non-hydrogen) atoms. The second kappa shape index (κ2) is 63.7. The number of carbonyl (C=O) groups is 8. The highest BCUT2D eigenvalue weighted by atomic mass is 16.6. The fourth-order valence-corrected chi connectivity index (χ4v) is 13.5. The van der Waals surface area contributed by atoms with Crippen molar-refractivity contribution in [2.24, 2.45) is 0 Å². The number of carbonyl (C=O) groups excluding carboxylic acids is 4. The summed E-state index contributed by atoms with van der Waals surface area (Å²) in [6.45, 7) is 3.09. The molecule has 0 bridgehead atoms. The molecule has 8 aromatic rings. The first-order chi connectivity index (χ1) is 63.0. The first-order valence-corrected chi connectivity index (χ1v) is 44.6. The van der Waals surface area contributed by atoms with E-state index in [1.807, 2.05) is 222 Å². The van der Waals surface area contributed by atoms with Gasteiger partial charge >= 0.3 is 47.8 Å². The average molecular weight is 1820 g/mol. The number of rotatable bonds is 59. The molecule has 8 rings (SSSR count). The third-order valence-corrected chi connectivity index (χ3v) is 20.3. The van der Waals surface area contributed by atoms with Gasteiger partial charge in [0.15, 0.2) is 0 Å². The third kappa shape index (κ3) is 49.4. The zero-order valence-corrected chi connectivity index (χ0v) is 78.4. The van der Waals surface area contributed by atoms with Gasteiger partial charge in [0.1, 0.15) is 96.8 Å². The number of benzene rings is 8. The quantitative estimate of drug-likeness (QED) is 0.0156. The van der Waals surface area contributed by atoms with E-state index in [1.165, 1.54) is 22.3 Å². The predicted molar refractivity (Wildman–Crippen MR) is 503 cm³/mol. The molecule has 1 unspecified atom stereocenters. The molecule has 4 N–H and O–H groups in total. The second-order valence-electron chi connectivity index (χ2n) is 32.6. The Labute approximate surface area is 773 Å². The summed E-state index contributed by atoms with van der Waals surface area (Å²) in [5.74, 6) is 1.60. The van der Waals surface area contributed by atoms with Gasteiger partial charge in [-0.05, 0) is 270 Å². The maximum atomic E-state index is 12.2. The number of carboxylic acids is 4. The van der Waals surface area contributed by atoms with Crippen molar-refractivity contribution >= 4 is 47.8 Å². The van der Waals surface area contributed by atoms with E-state index in [4.69, 9.17) is 77.3 Å². The predicted octanol–water partition coefficient (Wildman–Crippen LogP) is 15.5. The molecule has 4 atom stereocenters. The van der Waals surface area contributed by atoms with Crippen LogP contribution in [0, 0.1) is 0 Å². The summed E-state index contributed by atoms with van der Waals surface area (Å²) in [6, 6.07) is 63.7. The molecule has 0 spiro atoms. The number of hydrogen-bond donors (Lipinski definition) is 4. The summed E-state index contributed by atoms with van der Waals surface area (Å²) in [4.78, 5) is 98.9. The number of ether oxygens (including phenoxy) is 12. The van der Waals surface area contributed by atoms with Crippen LogP contribution in [0.3, 0.4) is 0 Å². The third-order valence-electron chi connectivity index (χ3n) is 20.3. The standard InChI is InChI=1S/3C26H35NO6.C25H33NO6/c3*1-27(2)18-23(33-26(30)11-7-6-10-25(28)29)19-32-24-9-5-4-8-21(24)15-12-20-13-16-22(31-3)17-14-20;1-26(2)17-22(32-25(29)10-6-9-24(27)28)18-31-23-8-5-4-7-20(23)14-11-19-12-15-21(30-3)16-13-19/h3*4-5,8-9,13-14,16-17,23H,6-7,10-12,15,18-19H2,1-3H3,(H,28,29);4-5,7-8,12-13,15-16,22H,6,9-11,14,17-18H2,1-3H3,(H,27,28)/t2*23-;;22-/m10.0/s1. The largest absolute Gasteiger partial charge is 0.497 e. The van der Waals surface area contributed by atoms with Crippen molar-refractivity contribution in [2.45, 2.75) is 172 Å². The number of esters is 4. The van der Waals surface area contributed by atoms with Gasteiger partial charge in [-0.3, -0.25) is 38.4 Å². The van der Waals surface area contributed by atoms with E-state index in [-0.39, 0.29) is 102 Å². The highest BCUT2D eigenvalue weighted by Gasteiger charge is 2.24. The van der Waals surface area contributed by atoms with Gasteiger partial charge in [0, 0.05) is 77.5 Å². The van der Waals surface area contributed by atoms with Gasteiger partial charge in [0.2, 0.25) is 0 Å². The van der Waals surface area contributed by atoms with E-state index >= 15 is 0 Å². The van der Waals surface area contributed by atoms with E-state index in [1.54, 1.807) is 28.4 Å². The molecule has 8 aromatic carbocycles. The summed E-state index contributed by atoms with van der Waals surface area (Å²) in [5, 5.41) is 34.8. The van der Waals surface area contributed by atoms with Crippen LogP contribution < -0.4 is 37.9 Å². The molecule has 28 heteroatoms. The van der Waals surface area contributed by atoms with Crippen molar-refractivity contribution in [1.82, 2.24) is 19.6 Å². The van der Waals surface area contributed by atoms with Crippen molar-refractivity contribution < 1.29 is 116 Å². The SMILES string of the molecule is COc1ccc(CCc2ccccc2OCC(CN(C)C)OC(=O)CCCCC(=O)O)cc1.COc1ccc(CCc2ccccc2OC[C@@H](CN(C)C)OC(=O)CCCCC(=O)O)cc1.COc1ccc(CCc2ccccc2OC[C@H](CN(C)C)OC(=O)CCCC(=O)O)cc1.COc1ccc(CCc2ccccc2OC[C@H](CN(C)C)OC(=O)CCCCC(=O)O)cc1. The fourth-order valence-electron chi connectivity index (χ4n) is 13.5. The lowest BCUT2D eigenvalue weighted by atomic mass is 10.0. The lowest BCUT2D eigenvalue weighted by Gasteiger charge is -2.22. The van der Waals surface area contributed by atoms with Crippen LogP contribution in [-0.2, 0) is 109 Å². The van der Waals surface area contributed by atoms with E-state index in [9.17, 15) is 38.4 Å². The molecule has 0 aliphatic carbocycles.